The fourth-order valence-electron chi connectivity index (χ4n) is 0.542. The molecule has 0 amide bonds. The number of hydrogen-bond acceptors (Lipinski definition) is 4. The molecule has 0 atom stereocenters. The zero-order valence-corrected chi connectivity index (χ0v) is 8.81. The number of carbonyl (C=O) groups excluding carboxylic acids is 1. The number of ether oxygens (including phenoxy) is 1. The van der Waals surface area contributed by atoms with Crippen LogP contribution < -0.4 is 0 Å². The quantitative estimate of drug-likeness (QED) is 0.615. The maximum absolute atomic E-state index is 11.0. The minimum atomic E-state index is -0.333. The van der Waals surface area contributed by atoms with Gasteiger partial charge in [0, 0.05) is 0 Å². The molecule has 0 saturated carbocycles. The third-order valence-corrected chi connectivity index (χ3v) is 2.63. The number of carbonyl (C=O) groups is 1. The molecule has 11 heavy (non-hydrogen) atoms. The molecule has 0 aliphatic carbocycles. The van der Waals surface area contributed by atoms with Gasteiger partial charge in [-0.1, -0.05) is 0 Å². The summed E-state index contributed by atoms with van der Waals surface area (Å²) in [6, 6.07) is 0. The number of hydrogen-bond donors (Lipinski definition) is 0. The largest absolute Gasteiger partial charge is 0.461 e. The average molecular weight is 283 g/mol. The van der Waals surface area contributed by atoms with Crippen molar-refractivity contribution in [2.75, 3.05) is 6.61 Å². The minimum Gasteiger partial charge on any atom is -0.461 e. The highest BCUT2D eigenvalue weighted by molar-refractivity contribution is 14.1. The molecule has 3 nitrogen and oxygen atoms in total. The van der Waals surface area contributed by atoms with Crippen molar-refractivity contribution in [2.24, 2.45) is 0 Å². The standard InChI is InChI=1S/C6H6INO2S/c1-2-10-6(9)5-8-3-4(7)11-5/h3H,2H2,1H3. The molecule has 0 bridgehead atoms. The first-order valence-electron chi connectivity index (χ1n) is 3.02. The Morgan fingerprint density at radius 2 is 2.64 bits per heavy atom. The van der Waals surface area contributed by atoms with Crippen molar-refractivity contribution in [3.05, 3.63) is 14.1 Å². The highest BCUT2D eigenvalue weighted by atomic mass is 127. The van der Waals surface area contributed by atoms with Crippen LogP contribution in [0.4, 0.5) is 0 Å². The van der Waals surface area contributed by atoms with Gasteiger partial charge in [-0.25, -0.2) is 9.78 Å². The Morgan fingerprint density at radius 1 is 1.91 bits per heavy atom. The lowest BCUT2D eigenvalue weighted by Gasteiger charge is -1.94. The molecular weight excluding hydrogens is 277 g/mol. The topological polar surface area (TPSA) is 39.2 Å². The minimum absolute atomic E-state index is 0.333. The fraction of sp³-hybridized carbons (Fsp3) is 0.333. The summed E-state index contributed by atoms with van der Waals surface area (Å²) in [4.78, 5) is 14.9. The van der Waals surface area contributed by atoms with Crippen molar-refractivity contribution in [1.82, 2.24) is 4.98 Å². The number of thiazole rings is 1. The van der Waals surface area contributed by atoms with E-state index < -0.39 is 0 Å². The van der Waals surface area contributed by atoms with Gasteiger partial charge in [0.05, 0.1) is 15.7 Å². The monoisotopic (exact) mass is 283 g/mol. The summed E-state index contributed by atoms with van der Waals surface area (Å²) in [7, 11) is 0. The van der Waals surface area contributed by atoms with Gasteiger partial charge in [-0.05, 0) is 29.5 Å². The van der Waals surface area contributed by atoms with Crippen LogP contribution in [0.15, 0.2) is 6.20 Å². The maximum Gasteiger partial charge on any atom is 0.367 e. The third kappa shape index (κ3) is 2.41. The molecule has 1 rings (SSSR count). The molecular formula is C6H6INO2S. The lowest BCUT2D eigenvalue weighted by atomic mass is 10.7. The second-order valence-corrected chi connectivity index (χ2v) is 4.61. The van der Waals surface area contributed by atoms with Crippen LogP contribution in [0, 0.1) is 2.88 Å². The lowest BCUT2D eigenvalue weighted by Crippen LogP contribution is -2.03. The fourth-order valence-corrected chi connectivity index (χ4v) is 1.84. The Hall–Kier alpha value is -0.170. The van der Waals surface area contributed by atoms with E-state index in [-0.39, 0.29) is 5.97 Å². The van der Waals surface area contributed by atoms with E-state index in [0.717, 1.165) is 2.88 Å². The highest BCUT2D eigenvalue weighted by Crippen LogP contribution is 2.15. The van der Waals surface area contributed by atoms with Crippen molar-refractivity contribution in [2.45, 2.75) is 6.92 Å². The summed E-state index contributed by atoms with van der Waals surface area (Å²) in [6.45, 7) is 2.17. The van der Waals surface area contributed by atoms with E-state index in [1.165, 1.54) is 11.3 Å². The molecule has 0 saturated heterocycles. The van der Waals surface area contributed by atoms with Crippen LogP contribution in [-0.4, -0.2) is 17.6 Å². The van der Waals surface area contributed by atoms with E-state index in [4.69, 9.17) is 4.74 Å². The van der Waals surface area contributed by atoms with Crippen LogP contribution in [0.2, 0.25) is 0 Å². The van der Waals surface area contributed by atoms with Gasteiger partial charge < -0.3 is 4.74 Å². The van der Waals surface area contributed by atoms with E-state index in [1.807, 2.05) is 0 Å². The van der Waals surface area contributed by atoms with Gasteiger partial charge in [-0.15, -0.1) is 11.3 Å². The van der Waals surface area contributed by atoms with Gasteiger partial charge in [-0.3, -0.25) is 0 Å². The summed E-state index contributed by atoms with van der Waals surface area (Å²) in [5.41, 5.74) is 0. The van der Waals surface area contributed by atoms with Crippen molar-refractivity contribution < 1.29 is 9.53 Å². The van der Waals surface area contributed by atoms with Gasteiger partial charge in [0.25, 0.3) is 0 Å². The predicted octanol–water partition coefficient (Wildman–Crippen LogP) is 1.92. The van der Waals surface area contributed by atoms with E-state index >= 15 is 0 Å². The van der Waals surface area contributed by atoms with Crippen molar-refractivity contribution in [3.63, 3.8) is 0 Å². The average Bonchev–Trinajstić information content (AvgIpc) is 2.36. The Morgan fingerprint density at radius 3 is 3.09 bits per heavy atom. The van der Waals surface area contributed by atoms with Crippen LogP contribution in [0.1, 0.15) is 16.7 Å². The van der Waals surface area contributed by atoms with Crippen LogP contribution in [0.25, 0.3) is 0 Å². The zero-order valence-electron chi connectivity index (χ0n) is 5.83. The highest BCUT2D eigenvalue weighted by Gasteiger charge is 2.09. The summed E-state index contributed by atoms with van der Waals surface area (Å²) in [5, 5.41) is 0.427. The van der Waals surface area contributed by atoms with Gasteiger partial charge in [0.15, 0.2) is 0 Å². The molecule has 0 unspecified atom stereocenters. The van der Waals surface area contributed by atoms with Crippen LogP contribution >= 0.6 is 33.9 Å². The van der Waals surface area contributed by atoms with Crippen LogP contribution in [-0.2, 0) is 4.74 Å². The molecule has 0 spiro atoms. The summed E-state index contributed by atoms with van der Waals surface area (Å²) < 4.78 is 5.74. The molecule has 0 N–H and O–H groups in total. The van der Waals surface area contributed by atoms with Crippen LogP contribution in [0.5, 0.6) is 0 Å². The summed E-state index contributed by atoms with van der Waals surface area (Å²) in [6.07, 6.45) is 1.65. The molecule has 60 valence electrons. The van der Waals surface area contributed by atoms with Crippen molar-refractivity contribution >= 4 is 39.9 Å². The summed E-state index contributed by atoms with van der Waals surface area (Å²) in [5.74, 6) is -0.333. The number of halogens is 1. The molecule has 0 aromatic carbocycles. The van der Waals surface area contributed by atoms with E-state index in [9.17, 15) is 4.79 Å². The Labute approximate surface area is 81.9 Å². The van der Waals surface area contributed by atoms with Gasteiger partial charge >= 0.3 is 5.97 Å². The van der Waals surface area contributed by atoms with Gasteiger partial charge in [0.2, 0.25) is 5.01 Å². The van der Waals surface area contributed by atoms with E-state index in [0.29, 0.717) is 11.6 Å². The molecule has 1 heterocycles. The second-order valence-electron chi connectivity index (χ2n) is 1.69. The Balaban J connectivity index is 2.69. The number of esters is 1. The molecule has 1 aromatic rings. The summed E-state index contributed by atoms with van der Waals surface area (Å²) >= 11 is 3.45. The smallest absolute Gasteiger partial charge is 0.367 e. The first-order chi connectivity index (χ1) is 5.24. The second kappa shape index (κ2) is 4.01. The lowest BCUT2D eigenvalue weighted by molar-refractivity contribution is 0.0526. The predicted molar refractivity (Wildman–Crippen MR) is 50.8 cm³/mol. The first-order valence-corrected chi connectivity index (χ1v) is 4.92. The van der Waals surface area contributed by atoms with Crippen molar-refractivity contribution in [3.8, 4) is 0 Å². The van der Waals surface area contributed by atoms with E-state index in [2.05, 4.69) is 27.6 Å². The Kier molecular flexibility index (Phi) is 3.25. The first kappa shape index (κ1) is 8.92. The van der Waals surface area contributed by atoms with Gasteiger partial charge in [-0.2, -0.15) is 0 Å². The molecule has 5 heteroatoms. The maximum atomic E-state index is 11.0. The van der Waals surface area contributed by atoms with Crippen LogP contribution in [0.3, 0.4) is 0 Å². The molecule has 1 aromatic heterocycles. The van der Waals surface area contributed by atoms with Gasteiger partial charge in [0.1, 0.15) is 0 Å². The molecule has 0 fully saturated rings. The number of aromatic nitrogens is 1. The molecule has 0 aliphatic heterocycles. The number of nitrogens with zero attached hydrogens (tertiary/aromatic N) is 1. The zero-order chi connectivity index (χ0) is 8.27. The van der Waals surface area contributed by atoms with E-state index in [1.54, 1.807) is 13.1 Å². The van der Waals surface area contributed by atoms with Crippen molar-refractivity contribution in [1.29, 1.82) is 0 Å². The Bertz CT molecular complexity index is 261. The molecule has 0 aliphatic rings. The third-order valence-electron chi connectivity index (χ3n) is 0.928. The SMILES string of the molecule is CCOC(=O)c1ncc(I)s1. The number of rotatable bonds is 2. The normalized spacial score (nSPS) is 9.64. The molecule has 0 radical (unpaired) electrons.